The smallest absolute Gasteiger partial charge is 0.261 e. The minimum Gasteiger partial charge on any atom is -0.354 e. The molecule has 1 heterocycles. The van der Waals surface area contributed by atoms with Crippen molar-refractivity contribution in [3.63, 3.8) is 0 Å². The maximum atomic E-state index is 12.5. The zero-order chi connectivity index (χ0) is 19.9. The van der Waals surface area contributed by atoms with Gasteiger partial charge in [0.15, 0.2) is 0 Å². The first-order valence-electron chi connectivity index (χ1n) is 8.79. The van der Waals surface area contributed by atoms with E-state index in [9.17, 15) is 14.4 Å². The average molecular weight is 443 g/mol. The molecule has 1 aromatic heterocycles. The van der Waals surface area contributed by atoms with Crippen LogP contribution in [0.4, 0.5) is 0 Å². The molecule has 0 spiro atoms. The van der Waals surface area contributed by atoms with Gasteiger partial charge in [-0.25, -0.2) is 4.98 Å². The summed E-state index contributed by atoms with van der Waals surface area (Å²) in [5.74, 6) is -0.384. The molecule has 0 saturated carbocycles. The fourth-order valence-electron chi connectivity index (χ4n) is 2.67. The number of fused-ring (bicyclic) bond motifs is 1. The van der Waals surface area contributed by atoms with Crippen molar-refractivity contribution in [2.45, 2.75) is 13.0 Å². The molecule has 2 N–H and O–H groups in total. The van der Waals surface area contributed by atoms with Crippen LogP contribution in [0.25, 0.3) is 10.9 Å². The molecule has 0 unspecified atom stereocenters. The minimum absolute atomic E-state index is 0.147. The molecule has 144 valence electrons. The lowest BCUT2D eigenvalue weighted by molar-refractivity contribution is -0.121. The number of benzene rings is 2. The summed E-state index contributed by atoms with van der Waals surface area (Å²) >= 11 is 3.34. The van der Waals surface area contributed by atoms with Crippen LogP contribution in [0.15, 0.2) is 64.1 Å². The van der Waals surface area contributed by atoms with Gasteiger partial charge in [0.05, 0.1) is 17.2 Å². The molecule has 3 aromatic rings. The zero-order valence-electron chi connectivity index (χ0n) is 15.0. The summed E-state index contributed by atoms with van der Waals surface area (Å²) in [5, 5.41) is 5.97. The Hall–Kier alpha value is -3.00. The van der Waals surface area contributed by atoms with E-state index in [2.05, 4.69) is 31.5 Å². The number of aryl methyl sites for hydroxylation is 1. The van der Waals surface area contributed by atoms with Crippen LogP contribution in [-0.4, -0.2) is 34.5 Å². The van der Waals surface area contributed by atoms with Crippen molar-refractivity contribution in [3.05, 3.63) is 75.2 Å². The first-order chi connectivity index (χ1) is 13.5. The van der Waals surface area contributed by atoms with E-state index in [1.807, 2.05) is 12.1 Å². The van der Waals surface area contributed by atoms with Crippen molar-refractivity contribution in [1.82, 2.24) is 20.2 Å². The van der Waals surface area contributed by atoms with Crippen molar-refractivity contribution >= 4 is 38.6 Å². The third-order valence-corrected chi connectivity index (χ3v) is 4.63. The van der Waals surface area contributed by atoms with E-state index in [4.69, 9.17) is 0 Å². The molecule has 0 aliphatic rings. The summed E-state index contributed by atoms with van der Waals surface area (Å²) in [4.78, 5) is 40.6. The Morgan fingerprint density at radius 2 is 1.79 bits per heavy atom. The van der Waals surface area contributed by atoms with Crippen molar-refractivity contribution < 1.29 is 9.59 Å². The topological polar surface area (TPSA) is 93.1 Å². The van der Waals surface area contributed by atoms with E-state index >= 15 is 0 Å². The van der Waals surface area contributed by atoms with Crippen LogP contribution < -0.4 is 16.2 Å². The van der Waals surface area contributed by atoms with E-state index < -0.39 is 0 Å². The second-order valence-corrected chi connectivity index (χ2v) is 7.04. The van der Waals surface area contributed by atoms with Gasteiger partial charge in [0.2, 0.25) is 5.91 Å². The molecule has 0 bridgehead atoms. The molecule has 0 atom stereocenters. The lowest BCUT2D eigenvalue weighted by Gasteiger charge is -2.09. The van der Waals surface area contributed by atoms with Gasteiger partial charge >= 0.3 is 0 Å². The van der Waals surface area contributed by atoms with Gasteiger partial charge < -0.3 is 10.6 Å². The highest BCUT2D eigenvalue weighted by Gasteiger charge is 2.08. The van der Waals surface area contributed by atoms with E-state index in [0.717, 1.165) is 4.47 Å². The van der Waals surface area contributed by atoms with E-state index in [0.29, 0.717) is 29.6 Å². The van der Waals surface area contributed by atoms with Crippen LogP contribution in [-0.2, 0) is 11.3 Å². The Labute approximate surface area is 169 Å². The largest absolute Gasteiger partial charge is 0.354 e. The third-order valence-electron chi connectivity index (χ3n) is 4.13. The molecule has 0 radical (unpaired) electrons. The second-order valence-electron chi connectivity index (χ2n) is 6.13. The maximum absolute atomic E-state index is 12.5. The van der Waals surface area contributed by atoms with E-state index in [1.165, 1.54) is 10.9 Å². The fraction of sp³-hybridized carbons (Fsp3) is 0.200. The van der Waals surface area contributed by atoms with Gasteiger partial charge in [-0.3, -0.25) is 19.0 Å². The van der Waals surface area contributed by atoms with Crippen molar-refractivity contribution in [1.29, 1.82) is 0 Å². The van der Waals surface area contributed by atoms with Crippen LogP contribution >= 0.6 is 15.9 Å². The number of nitrogens with one attached hydrogen (secondary N) is 2. The predicted molar refractivity (Wildman–Crippen MR) is 110 cm³/mol. The number of carbonyl (C=O) groups excluding carboxylic acids is 2. The highest BCUT2D eigenvalue weighted by Crippen LogP contribution is 2.14. The Balaban J connectivity index is 1.46. The normalized spacial score (nSPS) is 10.6. The lowest BCUT2D eigenvalue weighted by atomic mass is 10.2. The number of rotatable bonds is 7. The molecule has 2 aromatic carbocycles. The number of nitrogens with zero attached hydrogens (tertiary/aromatic N) is 2. The number of amides is 2. The summed E-state index contributed by atoms with van der Waals surface area (Å²) in [6.07, 6.45) is 1.60. The van der Waals surface area contributed by atoms with Crippen LogP contribution in [0, 0.1) is 0 Å². The summed E-state index contributed by atoms with van der Waals surface area (Å²) in [6, 6.07) is 14.2. The highest BCUT2D eigenvalue weighted by molar-refractivity contribution is 9.10. The molecule has 0 saturated heterocycles. The Morgan fingerprint density at radius 1 is 1.04 bits per heavy atom. The minimum atomic E-state index is -0.199. The van der Waals surface area contributed by atoms with Gasteiger partial charge in [-0.05, 0) is 30.3 Å². The molecular weight excluding hydrogens is 424 g/mol. The number of hydrogen-bond acceptors (Lipinski definition) is 4. The van der Waals surface area contributed by atoms with Gasteiger partial charge in [0.1, 0.15) is 0 Å². The fourth-order valence-corrected chi connectivity index (χ4v) is 3.03. The van der Waals surface area contributed by atoms with E-state index in [1.54, 1.807) is 36.4 Å². The number of halogens is 1. The second kappa shape index (κ2) is 9.27. The standard InChI is InChI=1S/C20H19BrN4O3/c21-15-6-7-17-16(12-15)20(28)25(13-24-17)11-8-18(26)22-9-10-23-19(27)14-4-2-1-3-5-14/h1-7,12-13H,8-11H2,(H,22,26)(H,23,27). The first kappa shape index (κ1) is 19.8. The molecule has 0 fully saturated rings. The van der Waals surface area contributed by atoms with Gasteiger partial charge in [-0.1, -0.05) is 34.1 Å². The van der Waals surface area contributed by atoms with Crippen LogP contribution in [0.5, 0.6) is 0 Å². The summed E-state index contributed by atoms with van der Waals surface area (Å²) in [5.41, 5.74) is 1.00. The Kier molecular flexibility index (Phi) is 6.54. The predicted octanol–water partition coefficient (Wildman–Crippen LogP) is 2.10. The summed E-state index contributed by atoms with van der Waals surface area (Å²) in [6.45, 7) is 0.872. The van der Waals surface area contributed by atoms with Gasteiger partial charge in [-0.2, -0.15) is 0 Å². The molecule has 0 aliphatic heterocycles. The van der Waals surface area contributed by atoms with Crippen LogP contribution in [0.3, 0.4) is 0 Å². The highest BCUT2D eigenvalue weighted by atomic mass is 79.9. The first-order valence-corrected chi connectivity index (χ1v) is 9.58. The van der Waals surface area contributed by atoms with Crippen molar-refractivity contribution in [2.24, 2.45) is 0 Å². The quantitative estimate of drug-likeness (QED) is 0.547. The molecule has 8 heteroatoms. The number of aromatic nitrogens is 2. The molecule has 3 rings (SSSR count). The number of carbonyl (C=O) groups is 2. The number of hydrogen-bond donors (Lipinski definition) is 2. The monoisotopic (exact) mass is 442 g/mol. The molecule has 7 nitrogen and oxygen atoms in total. The Bertz CT molecular complexity index is 1050. The average Bonchev–Trinajstić information content (AvgIpc) is 2.71. The third kappa shape index (κ3) is 5.04. The van der Waals surface area contributed by atoms with Gasteiger partial charge in [0.25, 0.3) is 11.5 Å². The molecule has 2 amide bonds. The van der Waals surface area contributed by atoms with Crippen molar-refractivity contribution in [3.8, 4) is 0 Å². The lowest BCUT2D eigenvalue weighted by Crippen LogP contribution is -2.35. The van der Waals surface area contributed by atoms with E-state index in [-0.39, 0.29) is 30.3 Å². The Morgan fingerprint density at radius 3 is 2.57 bits per heavy atom. The van der Waals surface area contributed by atoms with Crippen LogP contribution in [0.2, 0.25) is 0 Å². The van der Waals surface area contributed by atoms with Gasteiger partial charge in [-0.15, -0.1) is 0 Å². The van der Waals surface area contributed by atoms with Crippen LogP contribution in [0.1, 0.15) is 16.8 Å². The van der Waals surface area contributed by atoms with Crippen molar-refractivity contribution in [2.75, 3.05) is 13.1 Å². The van der Waals surface area contributed by atoms with Gasteiger partial charge in [0, 0.05) is 36.1 Å². The SMILES string of the molecule is O=C(CCn1cnc2ccc(Br)cc2c1=O)NCCNC(=O)c1ccccc1. The zero-order valence-corrected chi connectivity index (χ0v) is 16.6. The summed E-state index contributed by atoms with van der Waals surface area (Å²) < 4.78 is 2.22. The molecule has 0 aliphatic carbocycles. The molecule has 28 heavy (non-hydrogen) atoms. The molecular formula is C20H19BrN4O3. The summed E-state index contributed by atoms with van der Waals surface area (Å²) in [7, 11) is 0. The maximum Gasteiger partial charge on any atom is 0.261 e.